The number of hydrogen-bond donors (Lipinski definition) is 0. The third-order valence-electron chi connectivity index (χ3n) is 6.66. The number of carbonyl (C=O) groups is 1. The van der Waals surface area contributed by atoms with E-state index in [2.05, 4.69) is 0 Å². The summed E-state index contributed by atoms with van der Waals surface area (Å²) in [4.78, 5) is 14.8. The number of rotatable bonds is 5. The number of amides is 1. The van der Waals surface area contributed by atoms with Gasteiger partial charge in [-0.2, -0.15) is 4.31 Å². The Morgan fingerprint density at radius 2 is 2.00 bits per heavy atom. The second kappa shape index (κ2) is 7.24. The molecule has 5 nitrogen and oxygen atoms in total. The zero-order chi connectivity index (χ0) is 18.3. The van der Waals surface area contributed by atoms with Crippen molar-refractivity contribution in [2.24, 2.45) is 23.7 Å². The molecule has 26 heavy (non-hydrogen) atoms. The molecule has 0 unspecified atom stereocenters. The summed E-state index contributed by atoms with van der Waals surface area (Å²) in [5.41, 5.74) is 0. The fourth-order valence-electron chi connectivity index (χ4n) is 5.23. The van der Waals surface area contributed by atoms with Crippen LogP contribution in [0.25, 0.3) is 0 Å². The van der Waals surface area contributed by atoms with Crippen LogP contribution in [0.2, 0.25) is 0 Å². The molecule has 7 heteroatoms. The van der Waals surface area contributed by atoms with Gasteiger partial charge in [0.15, 0.2) is 0 Å². The number of nitrogens with zero attached hydrogens (tertiary/aromatic N) is 2. The van der Waals surface area contributed by atoms with Crippen molar-refractivity contribution in [2.75, 3.05) is 26.7 Å². The smallest absolute Gasteiger partial charge is 0.252 e. The first-order chi connectivity index (χ1) is 12.4. The summed E-state index contributed by atoms with van der Waals surface area (Å²) < 4.78 is 27.1. The van der Waals surface area contributed by atoms with Crippen LogP contribution < -0.4 is 0 Å². The van der Waals surface area contributed by atoms with Gasteiger partial charge in [-0.25, -0.2) is 8.42 Å². The predicted molar refractivity (Wildman–Crippen MR) is 102 cm³/mol. The third-order valence-corrected chi connectivity index (χ3v) is 9.93. The molecular formula is C19H28N2O3S2. The lowest BCUT2D eigenvalue weighted by molar-refractivity contribution is -0.136. The molecule has 2 saturated carbocycles. The molecule has 1 aliphatic heterocycles. The topological polar surface area (TPSA) is 57.7 Å². The van der Waals surface area contributed by atoms with E-state index in [0.717, 1.165) is 18.4 Å². The molecule has 3 atom stereocenters. The Balaban J connectivity index is 1.30. The lowest BCUT2D eigenvalue weighted by Crippen LogP contribution is -2.44. The minimum atomic E-state index is -3.39. The zero-order valence-electron chi connectivity index (χ0n) is 15.3. The molecule has 2 aliphatic carbocycles. The predicted octanol–water partition coefficient (Wildman–Crippen LogP) is 3.04. The molecule has 1 amide bonds. The molecule has 1 aromatic heterocycles. The van der Waals surface area contributed by atoms with E-state index in [1.165, 1.54) is 37.0 Å². The molecule has 2 bridgehead atoms. The SMILES string of the molecule is CN(C[C@H]1C[C@@H]2CC[C@@H]1C2)C(=O)C1CCN(S(=O)(=O)c2cccs2)CC1. The van der Waals surface area contributed by atoms with Gasteiger partial charge in [0, 0.05) is 32.6 Å². The number of hydrogen-bond acceptors (Lipinski definition) is 4. The van der Waals surface area contributed by atoms with E-state index in [4.69, 9.17) is 0 Å². The molecule has 3 aliphatic rings. The Labute approximate surface area is 160 Å². The summed E-state index contributed by atoms with van der Waals surface area (Å²) in [5, 5.41) is 1.79. The van der Waals surface area contributed by atoms with Crippen LogP contribution >= 0.6 is 11.3 Å². The minimum absolute atomic E-state index is 0.0339. The van der Waals surface area contributed by atoms with Gasteiger partial charge in [0.25, 0.3) is 10.0 Å². The molecule has 144 valence electrons. The standard InChI is InChI=1S/C19H28N2O3S2/c1-20(13-17-12-14-4-5-16(17)11-14)19(22)15-6-8-21(9-7-15)26(23,24)18-3-2-10-25-18/h2-3,10,14-17H,4-9,11-13H2,1H3/t14-,16-,17-/m1/s1. The van der Waals surface area contributed by atoms with Crippen LogP contribution in [0.1, 0.15) is 38.5 Å². The van der Waals surface area contributed by atoms with Crippen molar-refractivity contribution in [3.05, 3.63) is 17.5 Å². The molecule has 2 heterocycles. The molecule has 0 aromatic carbocycles. The van der Waals surface area contributed by atoms with Gasteiger partial charge in [0.1, 0.15) is 4.21 Å². The summed E-state index contributed by atoms with van der Waals surface area (Å²) in [5.74, 6) is 2.59. The highest BCUT2D eigenvalue weighted by molar-refractivity contribution is 7.91. The summed E-state index contributed by atoms with van der Waals surface area (Å²) in [7, 11) is -1.45. The van der Waals surface area contributed by atoms with Crippen molar-refractivity contribution in [3.63, 3.8) is 0 Å². The van der Waals surface area contributed by atoms with Crippen molar-refractivity contribution in [2.45, 2.75) is 42.7 Å². The van der Waals surface area contributed by atoms with Crippen LogP contribution in [0, 0.1) is 23.7 Å². The van der Waals surface area contributed by atoms with Gasteiger partial charge >= 0.3 is 0 Å². The highest BCUT2D eigenvalue weighted by atomic mass is 32.2. The monoisotopic (exact) mass is 396 g/mol. The molecule has 0 spiro atoms. The number of fused-ring (bicyclic) bond motifs is 2. The number of piperidine rings is 1. The minimum Gasteiger partial charge on any atom is -0.345 e. The summed E-state index contributed by atoms with van der Waals surface area (Å²) in [6, 6.07) is 3.42. The fourth-order valence-corrected chi connectivity index (χ4v) is 7.85. The van der Waals surface area contributed by atoms with Crippen LogP contribution in [-0.4, -0.2) is 50.2 Å². The van der Waals surface area contributed by atoms with E-state index < -0.39 is 10.0 Å². The molecule has 0 N–H and O–H groups in total. The van der Waals surface area contributed by atoms with Crippen molar-refractivity contribution in [1.29, 1.82) is 0 Å². The van der Waals surface area contributed by atoms with E-state index >= 15 is 0 Å². The van der Waals surface area contributed by atoms with Crippen LogP contribution in [0.3, 0.4) is 0 Å². The van der Waals surface area contributed by atoms with Gasteiger partial charge in [-0.1, -0.05) is 12.5 Å². The lowest BCUT2D eigenvalue weighted by Gasteiger charge is -2.34. The van der Waals surface area contributed by atoms with Gasteiger partial charge in [0.2, 0.25) is 5.91 Å². The van der Waals surface area contributed by atoms with E-state index in [-0.39, 0.29) is 11.8 Å². The molecule has 3 fully saturated rings. The maximum atomic E-state index is 12.8. The van der Waals surface area contributed by atoms with Gasteiger partial charge in [-0.15, -0.1) is 11.3 Å². The summed E-state index contributed by atoms with van der Waals surface area (Å²) >= 11 is 1.25. The number of thiophene rings is 1. The Morgan fingerprint density at radius 1 is 1.23 bits per heavy atom. The van der Waals surface area contributed by atoms with Gasteiger partial charge in [-0.3, -0.25) is 4.79 Å². The average Bonchev–Trinajstić information content (AvgIpc) is 3.39. The van der Waals surface area contributed by atoms with Crippen molar-refractivity contribution in [1.82, 2.24) is 9.21 Å². The van der Waals surface area contributed by atoms with E-state index in [1.807, 2.05) is 11.9 Å². The van der Waals surface area contributed by atoms with Crippen molar-refractivity contribution < 1.29 is 13.2 Å². The second-order valence-electron chi connectivity index (χ2n) is 8.26. The molecule has 4 rings (SSSR count). The van der Waals surface area contributed by atoms with E-state index in [0.29, 0.717) is 36.1 Å². The summed E-state index contributed by atoms with van der Waals surface area (Å²) in [6.07, 6.45) is 6.65. The Kier molecular flexibility index (Phi) is 5.14. The van der Waals surface area contributed by atoms with E-state index in [9.17, 15) is 13.2 Å². The molecular weight excluding hydrogens is 368 g/mol. The summed E-state index contributed by atoms with van der Waals surface area (Å²) in [6.45, 7) is 1.77. The van der Waals surface area contributed by atoms with Gasteiger partial charge in [-0.05, 0) is 61.3 Å². The first-order valence-corrected chi connectivity index (χ1v) is 12.1. The molecule has 1 saturated heterocycles. The lowest BCUT2D eigenvalue weighted by atomic mass is 9.88. The van der Waals surface area contributed by atoms with Crippen LogP contribution in [-0.2, 0) is 14.8 Å². The first-order valence-electron chi connectivity index (χ1n) is 9.74. The number of sulfonamides is 1. The van der Waals surface area contributed by atoms with Crippen LogP contribution in [0.5, 0.6) is 0 Å². The molecule has 1 aromatic rings. The molecule has 0 radical (unpaired) electrons. The third kappa shape index (κ3) is 3.45. The Morgan fingerprint density at radius 3 is 2.58 bits per heavy atom. The highest BCUT2D eigenvalue weighted by Gasteiger charge is 2.41. The Bertz CT molecular complexity index is 739. The fraction of sp³-hybridized carbons (Fsp3) is 0.737. The van der Waals surface area contributed by atoms with Crippen molar-refractivity contribution >= 4 is 27.3 Å². The highest BCUT2D eigenvalue weighted by Crippen LogP contribution is 2.48. The van der Waals surface area contributed by atoms with Gasteiger partial charge < -0.3 is 4.90 Å². The largest absolute Gasteiger partial charge is 0.345 e. The zero-order valence-corrected chi connectivity index (χ0v) is 17.0. The maximum absolute atomic E-state index is 12.8. The van der Waals surface area contributed by atoms with Gasteiger partial charge in [0.05, 0.1) is 0 Å². The van der Waals surface area contributed by atoms with E-state index in [1.54, 1.807) is 21.8 Å². The van der Waals surface area contributed by atoms with Crippen LogP contribution in [0.4, 0.5) is 0 Å². The average molecular weight is 397 g/mol. The normalized spacial score (nSPS) is 30.0. The Hall–Kier alpha value is -0.920. The quantitative estimate of drug-likeness (QED) is 0.769. The second-order valence-corrected chi connectivity index (χ2v) is 11.4. The maximum Gasteiger partial charge on any atom is 0.252 e. The number of carbonyl (C=O) groups excluding carboxylic acids is 1. The first kappa shape index (κ1) is 18.4. The van der Waals surface area contributed by atoms with Crippen LogP contribution in [0.15, 0.2) is 21.7 Å². The van der Waals surface area contributed by atoms with Crippen molar-refractivity contribution in [3.8, 4) is 0 Å².